The molecule has 0 heterocycles. The van der Waals surface area contributed by atoms with E-state index in [1.807, 2.05) is 42.5 Å². The Balaban J connectivity index is 2.14. The third kappa shape index (κ3) is 4.28. The van der Waals surface area contributed by atoms with Gasteiger partial charge in [0, 0.05) is 17.9 Å². The molecule has 104 valence electrons. The van der Waals surface area contributed by atoms with Crippen molar-refractivity contribution in [2.45, 2.75) is 13.0 Å². The summed E-state index contributed by atoms with van der Waals surface area (Å²) in [4.78, 5) is 0. The van der Waals surface area contributed by atoms with Gasteiger partial charge in [0.25, 0.3) is 0 Å². The number of ether oxygens (including phenoxy) is 1. The summed E-state index contributed by atoms with van der Waals surface area (Å²) in [6, 6.07) is 17.2. The molecule has 0 radical (unpaired) electrons. The Morgan fingerprint density at radius 1 is 1.00 bits per heavy atom. The summed E-state index contributed by atoms with van der Waals surface area (Å²) < 4.78 is 5.81. The van der Waals surface area contributed by atoms with Crippen LogP contribution in [0.4, 0.5) is 0 Å². The van der Waals surface area contributed by atoms with Gasteiger partial charge in [-0.05, 0) is 18.2 Å². The van der Waals surface area contributed by atoms with Crippen LogP contribution in [0.5, 0.6) is 5.75 Å². The predicted octanol–water partition coefficient (Wildman–Crippen LogP) is 4.12. The summed E-state index contributed by atoms with van der Waals surface area (Å²) in [5.74, 6) is 7.29. The molecule has 0 fully saturated rings. The monoisotopic (exact) mass is 295 g/mol. The highest BCUT2D eigenvalue weighted by atomic mass is 35.5. The molecule has 0 aromatic heterocycles. The lowest BCUT2D eigenvalue weighted by atomic mass is 10.1. The standard InChI is InChI=1S/C18H14ClNO/c19-12-6-5-8-15-7-3-4-11-18(15)21-14-17-10-2-1-9-16(17)13-20/h1-4,7,9-11H,6,12,14H2. The van der Waals surface area contributed by atoms with Crippen LogP contribution in [0.15, 0.2) is 48.5 Å². The van der Waals surface area contributed by atoms with Crippen LogP contribution in [0.1, 0.15) is 23.1 Å². The fourth-order valence-corrected chi connectivity index (χ4v) is 1.91. The second-order valence-corrected chi connectivity index (χ2v) is 4.67. The SMILES string of the molecule is N#Cc1ccccc1COc1ccccc1C#CCCCl. The molecule has 0 bridgehead atoms. The number of rotatable bonds is 4. The highest BCUT2D eigenvalue weighted by Gasteiger charge is 2.04. The molecule has 2 nitrogen and oxygen atoms in total. The summed E-state index contributed by atoms with van der Waals surface area (Å²) in [7, 11) is 0. The van der Waals surface area contributed by atoms with Gasteiger partial charge in [0.1, 0.15) is 12.4 Å². The maximum atomic E-state index is 9.07. The molecule has 0 aliphatic carbocycles. The normalized spacial score (nSPS) is 9.33. The number of nitriles is 1. The third-order valence-electron chi connectivity index (χ3n) is 2.85. The second kappa shape index (κ2) is 8.00. The molecule has 21 heavy (non-hydrogen) atoms. The minimum atomic E-state index is 0.345. The lowest BCUT2D eigenvalue weighted by Crippen LogP contribution is -1.99. The number of halogens is 1. The number of alkyl halides is 1. The maximum absolute atomic E-state index is 9.07. The zero-order valence-electron chi connectivity index (χ0n) is 11.5. The predicted molar refractivity (Wildman–Crippen MR) is 84.1 cm³/mol. The first kappa shape index (κ1) is 15.0. The minimum Gasteiger partial charge on any atom is -0.488 e. The summed E-state index contributed by atoms with van der Waals surface area (Å²) in [5, 5.41) is 9.07. The summed E-state index contributed by atoms with van der Waals surface area (Å²) in [6.45, 7) is 0.345. The van der Waals surface area contributed by atoms with Crippen molar-refractivity contribution in [2.75, 3.05) is 5.88 Å². The average Bonchev–Trinajstić information content (AvgIpc) is 2.54. The van der Waals surface area contributed by atoms with Crippen molar-refractivity contribution in [3.8, 4) is 23.7 Å². The highest BCUT2D eigenvalue weighted by Crippen LogP contribution is 2.19. The maximum Gasteiger partial charge on any atom is 0.135 e. The summed E-state index contributed by atoms with van der Waals surface area (Å²) in [5.41, 5.74) is 2.32. The Bertz CT molecular complexity index is 707. The minimum absolute atomic E-state index is 0.345. The molecule has 0 aliphatic heterocycles. The van der Waals surface area contributed by atoms with E-state index in [2.05, 4.69) is 17.9 Å². The Kier molecular flexibility index (Phi) is 5.71. The smallest absolute Gasteiger partial charge is 0.135 e. The Morgan fingerprint density at radius 3 is 2.48 bits per heavy atom. The molecule has 3 heteroatoms. The molecule has 0 N–H and O–H groups in total. The van der Waals surface area contributed by atoms with E-state index in [4.69, 9.17) is 21.6 Å². The largest absolute Gasteiger partial charge is 0.488 e. The van der Waals surface area contributed by atoms with Gasteiger partial charge in [-0.3, -0.25) is 0 Å². The van der Waals surface area contributed by atoms with Gasteiger partial charge < -0.3 is 4.74 Å². The van der Waals surface area contributed by atoms with Gasteiger partial charge in [-0.25, -0.2) is 0 Å². The topological polar surface area (TPSA) is 33.0 Å². The molecule has 2 rings (SSSR count). The first-order chi connectivity index (χ1) is 10.3. The molecule has 0 unspecified atom stereocenters. The summed E-state index contributed by atoms with van der Waals surface area (Å²) >= 11 is 5.62. The van der Waals surface area contributed by atoms with E-state index in [1.54, 1.807) is 6.07 Å². The van der Waals surface area contributed by atoms with Gasteiger partial charge in [0.05, 0.1) is 17.2 Å². The molecular formula is C18H14ClNO. The highest BCUT2D eigenvalue weighted by molar-refractivity contribution is 6.18. The molecular weight excluding hydrogens is 282 g/mol. The Hall–Kier alpha value is -2.42. The van der Waals surface area contributed by atoms with Crippen LogP contribution in [0.3, 0.4) is 0 Å². The number of para-hydroxylation sites is 1. The second-order valence-electron chi connectivity index (χ2n) is 4.29. The van der Waals surface area contributed by atoms with Crippen molar-refractivity contribution in [1.82, 2.24) is 0 Å². The molecule has 0 atom stereocenters. The molecule has 0 aliphatic rings. The van der Waals surface area contributed by atoms with Crippen LogP contribution in [-0.4, -0.2) is 5.88 Å². The number of benzene rings is 2. The fourth-order valence-electron chi connectivity index (χ4n) is 1.81. The first-order valence-corrected chi connectivity index (χ1v) is 7.13. The molecule has 0 amide bonds. The third-order valence-corrected chi connectivity index (χ3v) is 3.04. The molecule has 0 saturated heterocycles. The quantitative estimate of drug-likeness (QED) is 0.628. The van der Waals surface area contributed by atoms with E-state index in [-0.39, 0.29) is 0 Å². The zero-order chi connectivity index (χ0) is 14.9. The average molecular weight is 296 g/mol. The molecule has 2 aromatic rings. The van der Waals surface area contributed by atoms with Gasteiger partial charge >= 0.3 is 0 Å². The van der Waals surface area contributed by atoms with Crippen molar-refractivity contribution in [2.24, 2.45) is 0 Å². The van der Waals surface area contributed by atoms with E-state index >= 15 is 0 Å². The number of hydrogen-bond donors (Lipinski definition) is 0. The van der Waals surface area contributed by atoms with E-state index in [0.717, 1.165) is 11.1 Å². The van der Waals surface area contributed by atoms with Crippen LogP contribution in [0.25, 0.3) is 0 Å². The molecule has 0 spiro atoms. The lowest BCUT2D eigenvalue weighted by Gasteiger charge is -2.09. The Labute approximate surface area is 129 Å². The van der Waals surface area contributed by atoms with Gasteiger partial charge in [-0.15, -0.1) is 11.6 Å². The molecule has 0 saturated carbocycles. The molecule has 2 aromatic carbocycles. The van der Waals surface area contributed by atoms with Crippen molar-refractivity contribution in [3.05, 3.63) is 65.2 Å². The van der Waals surface area contributed by atoms with Crippen molar-refractivity contribution in [1.29, 1.82) is 5.26 Å². The van der Waals surface area contributed by atoms with Crippen molar-refractivity contribution >= 4 is 11.6 Å². The van der Waals surface area contributed by atoms with E-state index in [9.17, 15) is 0 Å². The first-order valence-electron chi connectivity index (χ1n) is 6.60. The lowest BCUT2D eigenvalue weighted by molar-refractivity contribution is 0.305. The number of nitrogens with zero attached hydrogens (tertiary/aromatic N) is 1. The zero-order valence-corrected chi connectivity index (χ0v) is 12.2. The van der Waals surface area contributed by atoms with Crippen molar-refractivity contribution < 1.29 is 4.74 Å². The summed E-state index contributed by atoms with van der Waals surface area (Å²) in [6.07, 6.45) is 0.646. The van der Waals surface area contributed by atoms with Crippen LogP contribution < -0.4 is 4.74 Å². The van der Waals surface area contributed by atoms with Crippen LogP contribution in [-0.2, 0) is 6.61 Å². The van der Waals surface area contributed by atoms with Crippen LogP contribution >= 0.6 is 11.6 Å². The van der Waals surface area contributed by atoms with Gasteiger partial charge in [0.15, 0.2) is 0 Å². The Morgan fingerprint density at radius 2 is 1.71 bits per heavy atom. The van der Waals surface area contributed by atoms with Gasteiger partial charge in [-0.2, -0.15) is 5.26 Å². The van der Waals surface area contributed by atoms with Crippen LogP contribution in [0.2, 0.25) is 0 Å². The van der Waals surface area contributed by atoms with Gasteiger partial charge in [0.2, 0.25) is 0 Å². The number of hydrogen-bond acceptors (Lipinski definition) is 2. The van der Waals surface area contributed by atoms with E-state index < -0.39 is 0 Å². The van der Waals surface area contributed by atoms with Gasteiger partial charge in [-0.1, -0.05) is 42.2 Å². The van der Waals surface area contributed by atoms with Crippen LogP contribution in [0, 0.1) is 23.2 Å². The van der Waals surface area contributed by atoms with E-state index in [0.29, 0.717) is 30.2 Å². The van der Waals surface area contributed by atoms with Crippen molar-refractivity contribution in [3.63, 3.8) is 0 Å². The fraction of sp³-hybridized carbons (Fsp3) is 0.167. The van der Waals surface area contributed by atoms with E-state index in [1.165, 1.54) is 0 Å².